The fourth-order valence-electron chi connectivity index (χ4n) is 4.62. The molecule has 1 heterocycles. The summed E-state index contributed by atoms with van der Waals surface area (Å²) >= 11 is 0. The second kappa shape index (κ2) is 10.1. The second-order valence-corrected chi connectivity index (χ2v) is 8.60. The minimum Gasteiger partial charge on any atom is -0.339 e. The Kier molecular flexibility index (Phi) is 7.49. The largest absolute Gasteiger partial charge is 0.339 e. The molecule has 0 radical (unpaired) electrons. The van der Waals surface area contributed by atoms with Gasteiger partial charge < -0.3 is 15.5 Å². The maximum atomic E-state index is 12.7. The van der Waals surface area contributed by atoms with Crippen LogP contribution in [0.5, 0.6) is 0 Å². The summed E-state index contributed by atoms with van der Waals surface area (Å²) in [5, 5.41) is 6.37. The summed E-state index contributed by atoms with van der Waals surface area (Å²) in [5.41, 5.74) is 1.45. The van der Waals surface area contributed by atoms with Gasteiger partial charge in [-0.25, -0.2) is 0 Å². The highest BCUT2D eigenvalue weighted by molar-refractivity contribution is 5.95. The smallest absolute Gasteiger partial charge is 0.253 e. The van der Waals surface area contributed by atoms with Crippen LogP contribution in [0.2, 0.25) is 0 Å². The average molecular weight is 386 g/mol. The molecular formula is C23H35N3O2. The van der Waals surface area contributed by atoms with Crippen LogP contribution in [0.1, 0.15) is 68.6 Å². The first kappa shape index (κ1) is 20.8. The van der Waals surface area contributed by atoms with Crippen molar-refractivity contribution in [2.24, 2.45) is 11.8 Å². The molecule has 1 aromatic carbocycles. The van der Waals surface area contributed by atoms with Crippen molar-refractivity contribution in [3.63, 3.8) is 0 Å². The number of benzene rings is 1. The third-order valence-electron chi connectivity index (χ3n) is 6.55. The molecule has 1 saturated heterocycles. The van der Waals surface area contributed by atoms with E-state index in [-0.39, 0.29) is 11.8 Å². The molecule has 2 amide bonds. The van der Waals surface area contributed by atoms with Gasteiger partial charge in [0.1, 0.15) is 0 Å². The van der Waals surface area contributed by atoms with Crippen molar-refractivity contribution in [3.8, 4) is 0 Å². The van der Waals surface area contributed by atoms with Gasteiger partial charge in [0.05, 0.1) is 0 Å². The SMILES string of the molecule is CC(CC(=O)Nc1ccc(C(=O)N(C)C2CCCCC2)cc1)C1CCNCC1. The van der Waals surface area contributed by atoms with Gasteiger partial charge >= 0.3 is 0 Å². The molecule has 1 aliphatic carbocycles. The van der Waals surface area contributed by atoms with Crippen LogP contribution in [-0.2, 0) is 4.79 Å². The van der Waals surface area contributed by atoms with Crippen molar-refractivity contribution in [1.29, 1.82) is 0 Å². The summed E-state index contributed by atoms with van der Waals surface area (Å²) in [4.78, 5) is 27.0. The van der Waals surface area contributed by atoms with Crippen molar-refractivity contribution in [1.82, 2.24) is 10.2 Å². The molecule has 2 N–H and O–H groups in total. The van der Waals surface area contributed by atoms with Gasteiger partial charge in [0.25, 0.3) is 5.91 Å². The van der Waals surface area contributed by atoms with Gasteiger partial charge in [-0.05, 0) is 74.9 Å². The summed E-state index contributed by atoms with van der Waals surface area (Å²) in [6.45, 7) is 4.29. The van der Waals surface area contributed by atoms with Gasteiger partial charge in [-0.1, -0.05) is 26.2 Å². The fourth-order valence-corrected chi connectivity index (χ4v) is 4.62. The lowest BCUT2D eigenvalue weighted by atomic mass is 9.84. The van der Waals surface area contributed by atoms with Gasteiger partial charge in [0.2, 0.25) is 5.91 Å². The standard InChI is InChI=1S/C23H35N3O2/c1-17(18-12-14-24-15-13-18)16-22(27)25-20-10-8-19(9-11-20)23(28)26(2)21-6-4-3-5-7-21/h8-11,17-18,21,24H,3-7,12-16H2,1-2H3,(H,25,27). The van der Waals surface area contributed by atoms with E-state index < -0.39 is 0 Å². The number of hydrogen-bond donors (Lipinski definition) is 2. The molecule has 5 heteroatoms. The number of amides is 2. The van der Waals surface area contributed by atoms with E-state index in [1.807, 2.05) is 36.2 Å². The molecule has 1 atom stereocenters. The predicted molar refractivity (Wildman–Crippen MR) is 113 cm³/mol. The highest BCUT2D eigenvalue weighted by Gasteiger charge is 2.24. The number of carbonyl (C=O) groups is 2. The van der Waals surface area contributed by atoms with E-state index in [0.717, 1.165) is 44.5 Å². The van der Waals surface area contributed by atoms with Crippen molar-refractivity contribution >= 4 is 17.5 Å². The van der Waals surface area contributed by atoms with Gasteiger partial charge in [0.15, 0.2) is 0 Å². The van der Waals surface area contributed by atoms with Crippen LogP contribution in [0.3, 0.4) is 0 Å². The van der Waals surface area contributed by atoms with Gasteiger partial charge in [-0.2, -0.15) is 0 Å². The second-order valence-electron chi connectivity index (χ2n) is 8.60. The molecule has 3 rings (SSSR count). The number of rotatable bonds is 6. The van der Waals surface area contributed by atoms with Crippen LogP contribution in [0.25, 0.3) is 0 Å². The number of piperidine rings is 1. The van der Waals surface area contributed by atoms with E-state index >= 15 is 0 Å². The molecule has 154 valence electrons. The molecule has 0 spiro atoms. The Balaban J connectivity index is 1.50. The van der Waals surface area contributed by atoms with E-state index in [9.17, 15) is 9.59 Å². The molecule has 2 fully saturated rings. The number of anilines is 1. The molecule has 0 aromatic heterocycles. The summed E-state index contributed by atoms with van der Waals surface area (Å²) in [6.07, 6.45) is 8.77. The quantitative estimate of drug-likeness (QED) is 0.776. The topological polar surface area (TPSA) is 61.4 Å². The first-order valence-corrected chi connectivity index (χ1v) is 10.9. The Hall–Kier alpha value is -1.88. The first-order chi connectivity index (χ1) is 13.5. The normalized spacial score (nSPS) is 19.8. The molecule has 0 bridgehead atoms. The van der Waals surface area contributed by atoms with Crippen molar-refractivity contribution in [2.45, 2.75) is 64.3 Å². The summed E-state index contributed by atoms with van der Waals surface area (Å²) in [7, 11) is 1.91. The van der Waals surface area contributed by atoms with Crippen LogP contribution >= 0.6 is 0 Å². The van der Waals surface area contributed by atoms with Crippen LogP contribution in [0.15, 0.2) is 24.3 Å². The highest BCUT2D eigenvalue weighted by Crippen LogP contribution is 2.25. The van der Waals surface area contributed by atoms with Crippen LogP contribution < -0.4 is 10.6 Å². The van der Waals surface area contributed by atoms with E-state index in [1.165, 1.54) is 19.3 Å². The molecule has 1 unspecified atom stereocenters. The third-order valence-corrected chi connectivity index (χ3v) is 6.55. The molecule has 1 aliphatic heterocycles. The van der Waals surface area contributed by atoms with E-state index in [1.54, 1.807) is 0 Å². The number of nitrogens with zero attached hydrogens (tertiary/aromatic N) is 1. The zero-order valence-electron chi connectivity index (χ0n) is 17.4. The molecule has 1 aromatic rings. The Morgan fingerprint density at radius 3 is 2.36 bits per heavy atom. The lowest BCUT2D eigenvalue weighted by molar-refractivity contribution is -0.117. The summed E-state index contributed by atoms with van der Waals surface area (Å²) in [5.74, 6) is 1.16. The van der Waals surface area contributed by atoms with E-state index in [2.05, 4.69) is 17.6 Å². The Morgan fingerprint density at radius 1 is 1.07 bits per heavy atom. The van der Waals surface area contributed by atoms with Crippen LogP contribution in [0, 0.1) is 11.8 Å². The van der Waals surface area contributed by atoms with Crippen LogP contribution in [-0.4, -0.2) is 42.9 Å². The third kappa shape index (κ3) is 5.57. The fraction of sp³-hybridized carbons (Fsp3) is 0.652. The number of nitrogens with one attached hydrogen (secondary N) is 2. The lowest BCUT2D eigenvalue weighted by Crippen LogP contribution is -2.38. The Bertz CT molecular complexity index is 646. The molecule has 1 saturated carbocycles. The zero-order chi connectivity index (χ0) is 19.9. The minimum atomic E-state index is 0.0597. The van der Waals surface area contributed by atoms with Gasteiger partial charge in [-0.3, -0.25) is 9.59 Å². The monoisotopic (exact) mass is 385 g/mol. The van der Waals surface area contributed by atoms with Crippen molar-refractivity contribution < 1.29 is 9.59 Å². The maximum Gasteiger partial charge on any atom is 0.253 e. The Labute approximate surface area is 169 Å². The first-order valence-electron chi connectivity index (χ1n) is 10.9. The zero-order valence-corrected chi connectivity index (χ0v) is 17.4. The summed E-state index contributed by atoms with van der Waals surface area (Å²) in [6, 6.07) is 7.70. The maximum absolute atomic E-state index is 12.7. The van der Waals surface area contributed by atoms with Crippen LogP contribution in [0.4, 0.5) is 5.69 Å². The Morgan fingerprint density at radius 2 is 1.71 bits per heavy atom. The average Bonchev–Trinajstić information content (AvgIpc) is 2.74. The lowest BCUT2D eigenvalue weighted by Gasteiger charge is -2.31. The van der Waals surface area contributed by atoms with E-state index in [0.29, 0.717) is 29.9 Å². The van der Waals surface area contributed by atoms with E-state index in [4.69, 9.17) is 0 Å². The molecule has 5 nitrogen and oxygen atoms in total. The molecule has 28 heavy (non-hydrogen) atoms. The predicted octanol–water partition coefficient (Wildman–Crippen LogP) is 4.06. The minimum absolute atomic E-state index is 0.0597. The van der Waals surface area contributed by atoms with Gasteiger partial charge in [0, 0.05) is 30.8 Å². The molecular weight excluding hydrogens is 350 g/mol. The van der Waals surface area contributed by atoms with Crippen molar-refractivity contribution in [2.75, 3.05) is 25.5 Å². The number of hydrogen-bond acceptors (Lipinski definition) is 3. The summed E-state index contributed by atoms with van der Waals surface area (Å²) < 4.78 is 0. The number of carbonyl (C=O) groups excluding carboxylic acids is 2. The molecule has 2 aliphatic rings. The highest BCUT2D eigenvalue weighted by atomic mass is 16.2. The van der Waals surface area contributed by atoms with Crippen molar-refractivity contribution in [3.05, 3.63) is 29.8 Å². The van der Waals surface area contributed by atoms with Gasteiger partial charge in [-0.15, -0.1) is 0 Å².